The summed E-state index contributed by atoms with van der Waals surface area (Å²) < 4.78 is 45.5. The van der Waals surface area contributed by atoms with Gasteiger partial charge in [0, 0.05) is 0 Å². The number of hydrogen-bond donors (Lipinski definition) is 1. The second kappa shape index (κ2) is 8.09. The van der Waals surface area contributed by atoms with Crippen molar-refractivity contribution in [2.45, 2.75) is 19.2 Å². The molecule has 0 fully saturated rings. The molecular weight excluding hydrogens is 391 g/mol. The maximum Gasteiger partial charge on any atom is 0.418 e. The number of nitrogens with one attached hydrogen (secondary N) is 1. The first-order valence-corrected chi connectivity index (χ1v) is 8.27. The molecule has 1 atom stereocenters. The van der Waals surface area contributed by atoms with Crippen molar-refractivity contribution < 1.29 is 27.5 Å². The maximum absolute atomic E-state index is 13.0. The molecule has 0 saturated carbocycles. The number of carbonyl (C=O) groups excluding carboxylic acids is 2. The van der Waals surface area contributed by atoms with Crippen LogP contribution in [0.25, 0.3) is 5.69 Å². The summed E-state index contributed by atoms with van der Waals surface area (Å²) in [7, 11) is 0. The number of amides is 1. The van der Waals surface area contributed by atoms with Crippen LogP contribution in [0.15, 0.2) is 54.9 Å². The van der Waals surface area contributed by atoms with E-state index in [1.54, 1.807) is 12.1 Å². The van der Waals surface area contributed by atoms with Crippen LogP contribution in [-0.4, -0.2) is 38.2 Å². The van der Waals surface area contributed by atoms with Gasteiger partial charge in [-0.2, -0.15) is 13.2 Å². The molecule has 1 aromatic heterocycles. The van der Waals surface area contributed by atoms with E-state index in [0.717, 1.165) is 12.1 Å². The number of nitrogens with zero attached hydrogens (tertiary/aromatic N) is 4. The third-order valence-electron chi connectivity index (χ3n) is 3.86. The second-order valence-electron chi connectivity index (χ2n) is 5.88. The van der Waals surface area contributed by atoms with Crippen LogP contribution < -0.4 is 5.32 Å². The molecule has 0 unspecified atom stereocenters. The topological polar surface area (TPSA) is 99.0 Å². The van der Waals surface area contributed by atoms with Crippen LogP contribution in [0, 0.1) is 0 Å². The van der Waals surface area contributed by atoms with E-state index in [1.807, 2.05) is 0 Å². The van der Waals surface area contributed by atoms with Gasteiger partial charge in [-0.1, -0.05) is 12.1 Å². The Balaban J connectivity index is 1.65. The molecule has 11 heteroatoms. The lowest BCUT2D eigenvalue weighted by atomic mass is 10.1. The number of halogens is 3. The third-order valence-corrected chi connectivity index (χ3v) is 3.86. The highest BCUT2D eigenvalue weighted by Crippen LogP contribution is 2.34. The van der Waals surface area contributed by atoms with E-state index in [4.69, 9.17) is 4.74 Å². The number of para-hydroxylation sites is 1. The molecule has 3 aromatic rings. The summed E-state index contributed by atoms with van der Waals surface area (Å²) in [4.78, 5) is 24.4. The monoisotopic (exact) mass is 405 g/mol. The average Bonchev–Trinajstić information content (AvgIpc) is 3.22. The first-order chi connectivity index (χ1) is 13.8. The van der Waals surface area contributed by atoms with E-state index in [2.05, 4.69) is 20.8 Å². The number of carbonyl (C=O) groups is 2. The summed E-state index contributed by atoms with van der Waals surface area (Å²) in [5, 5.41) is 12.8. The molecule has 0 radical (unpaired) electrons. The number of anilines is 1. The van der Waals surface area contributed by atoms with Gasteiger partial charge in [0.1, 0.15) is 6.33 Å². The molecule has 0 bridgehead atoms. The predicted octanol–water partition coefficient (Wildman–Crippen LogP) is 2.87. The Kier molecular flexibility index (Phi) is 5.57. The lowest BCUT2D eigenvalue weighted by Crippen LogP contribution is -2.30. The largest absolute Gasteiger partial charge is 0.449 e. The zero-order chi connectivity index (χ0) is 21.0. The lowest BCUT2D eigenvalue weighted by Gasteiger charge is -2.17. The van der Waals surface area contributed by atoms with Crippen LogP contribution in [0.3, 0.4) is 0 Å². The summed E-state index contributed by atoms with van der Waals surface area (Å²) in [5.41, 5.74) is -0.665. The fraction of sp³-hybridized carbons (Fsp3) is 0.167. The minimum Gasteiger partial charge on any atom is -0.449 e. The van der Waals surface area contributed by atoms with Gasteiger partial charge >= 0.3 is 12.1 Å². The quantitative estimate of drug-likeness (QED) is 0.656. The second-order valence-corrected chi connectivity index (χ2v) is 5.88. The normalized spacial score (nSPS) is 12.3. The fourth-order valence-electron chi connectivity index (χ4n) is 2.39. The van der Waals surface area contributed by atoms with Gasteiger partial charge in [-0.25, -0.2) is 9.48 Å². The van der Waals surface area contributed by atoms with Crippen LogP contribution in [0.2, 0.25) is 0 Å². The van der Waals surface area contributed by atoms with E-state index in [1.165, 1.54) is 42.2 Å². The van der Waals surface area contributed by atoms with Crippen molar-refractivity contribution in [3.05, 3.63) is 66.0 Å². The summed E-state index contributed by atoms with van der Waals surface area (Å²) >= 11 is 0. The SMILES string of the molecule is C[C@@H](OC(=O)c1ccc(-n2cnnn2)cc1)C(=O)Nc1ccccc1C(F)(F)F. The van der Waals surface area contributed by atoms with Crippen LogP contribution >= 0.6 is 0 Å². The first kappa shape index (κ1) is 20.0. The van der Waals surface area contributed by atoms with Crippen molar-refractivity contribution in [1.82, 2.24) is 20.2 Å². The van der Waals surface area contributed by atoms with Gasteiger partial charge in [-0.15, -0.1) is 5.10 Å². The minimum absolute atomic E-state index is 0.150. The van der Waals surface area contributed by atoms with Gasteiger partial charge in [-0.05, 0) is 53.7 Å². The van der Waals surface area contributed by atoms with Crippen molar-refractivity contribution >= 4 is 17.6 Å². The van der Waals surface area contributed by atoms with Crippen LogP contribution in [-0.2, 0) is 15.7 Å². The van der Waals surface area contributed by atoms with Gasteiger partial charge in [-0.3, -0.25) is 4.79 Å². The summed E-state index contributed by atoms with van der Waals surface area (Å²) in [6.45, 7) is 1.26. The maximum atomic E-state index is 13.0. The highest BCUT2D eigenvalue weighted by molar-refractivity contribution is 5.97. The molecule has 2 aromatic carbocycles. The molecular formula is C18H14F3N5O3. The number of esters is 1. The van der Waals surface area contributed by atoms with E-state index in [9.17, 15) is 22.8 Å². The molecule has 1 N–H and O–H groups in total. The Morgan fingerprint density at radius 2 is 1.79 bits per heavy atom. The Hall–Kier alpha value is -3.76. The number of benzene rings is 2. The number of rotatable bonds is 5. The Morgan fingerprint density at radius 3 is 2.41 bits per heavy atom. The number of hydrogen-bond acceptors (Lipinski definition) is 6. The van der Waals surface area contributed by atoms with Crippen LogP contribution in [0.5, 0.6) is 0 Å². The number of tetrazole rings is 1. The molecule has 0 aliphatic heterocycles. The van der Waals surface area contributed by atoms with Crippen molar-refractivity contribution in [3.63, 3.8) is 0 Å². The van der Waals surface area contributed by atoms with Crippen molar-refractivity contribution in [3.8, 4) is 5.69 Å². The van der Waals surface area contributed by atoms with E-state index in [0.29, 0.717) is 5.69 Å². The molecule has 0 aliphatic rings. The molecule has 3 rings (SSSR count). The van der Waals surface area contributed by atoms with Gasteiger partial charge in [0.2, 0.25) is 0 Å². The first-order valence-electron chi connectivity index (χ1n) is 8.27. The Bertz CT molecular complexity index is 1000. The van der Waals surface area contributed by atoms with Gasteiger partial charge in [0.25, 0.3) is 5.91 Å². The van der Waals surface area contributed by atoms with E-state index >= 15 is 0 Å². The third kappa shape index (κ3) is 4.75. The zero-order valence-electron chi connectivity index (χ0n) is 14.9. The van der Waals surface area contributed by atoms with Crippen molar-refractivity contribution in [2.75, 3.05) is 5.32 Å². The Labute approximate surface area is 162 Å². The summed E-state index contributed by atoms with van der Waals surface area (Å²) in [6.07, 6.45) is -4.58. The van der Waals surface area contributed by atoms with Gasteiger partial charge in [0.05, 0.1) is 22.5 Å². The molecule has 1 heterocycles. The molecule has 29 heavy (non-hydrogen) atoms. The smallest absolute Gasteiger partial charge is 0.418 e. The molecule has 0 spiro atoms. The number of alkyl halides is 3. The molecule has 0 saturated heterocycles. The molecule has 150 valence electrons. The molecule has 8 nitrogen and oxygen atoms in total. The van der Waals surface area contributed by atoms with Crippen LogP contribution in [0.4, 0.5) is 18.9 Å². The highest BCUT2D eigenvalue weighted by atomic mass is 19.4. The zero-order valence-corrected chi connectivity index (χ0v) is 14.9. The Morgan fingerprint density at radius 1 is 1.10 bits per heavy atom. The summed E-state index contributed by atoms with van der Waals surface area (Å²) in [5.74, 6) is -1.69. The minimum atomic E-state index is -4.63. The predicted molar refractivity (Wildman–Crippen MR) is 94.1 cm³/mol. The number of aromatic nitrogens is 4. The van der Waals surface area contributed by atoms with E-state index in [-0.39, 0.29) is 5.56 Å². The average molecular weight is 405 g/mol. The molecule has 0 aliphatic carbocycles. The molecule has 1 amide bonds. The standard InChI is InChI=1S/C18H14F3N5O3/c1-11(16(27)23-15-5-3-2-4-14(15)18(19,20)21)29-17(28)12-6-8-13(9-7-12)26-10-22-24-25-26/h2-11H,1H3,(H,23,27)/t11-/m1/s1. The van der Waals surface area contributed by atoms with Crippen molar-refractivity contribution in [2.24, 2.45) is 0 Å². The fourth-order valence-corrected chi connectivity index (χ4v) is 2.39. The summed E-state index contributed by atoms with van der Waals surface area (Å²) in [6, 6.07) is 10.6. The number of ether oxygens (including phenoxy) is 1. The highest BCUT2D eigenvalue weighted by Gasteiger charge is 2.34. The van der Waals surface area contributed by atoms with Crippen LogP contribution in [0.1, 0.15) is 22.8 Å². The van der Waals surface area contributed by atoms with Crippen molar-refractivity contribution in [1.29, 1.82) is 0 Å². The lowest BCUT2D eigenvalue weighted by molar-refractivity contribution is -0.137. The van der Waals surface area contributed by atoms with Gasteiger partial charge in [0.15, 0.2) is 6.10 Å². The van der Waals surface area contributed by atoms with E-state index < -0.39 is 35.4 Å². The van der Waals surface area contributed by atoms with Gasteiger partial charge < -0.3 is 10.1 Å².